The first-order chi connectivity index (χ1) is 12.6. The molecule has 3 rings (SSSR count). The first-order valence-corrected chi connectivity index (χ1v) is 10.4. The van der Waals surface area contributed by atoms with Crippen LogP contribution in [0, 0.1) is 0 Å². The van der Waals surface area contributed by atoms with E-state index in [2.05, 4.69) is 10.4 Å². The summed E-state index contributed by atoms with van der Waals surface area (Å²) in [6, 6.07) is 7.44. The van der Waals surface area contributed by atoms with Crippen molar-refractivity contribution in [2.24, 2.45) is 0 Å². The van der Waals surface area contributed by atoms with Crippen molar-refractivity contribution in [1.82, 2.24) is 19.4 Å². The van der Waals surface area contributed by atoms with Crippen LogP contribution < -0.4 is 10.1 Å². The van der Waals surface area contributed by atoms with Crippen LogP contribution in [-0.4, -0.2) is 55.3 Å². The summed E-state index contributed by atoms with van der Waals surface area (Å²) in [4.78, 5) is 0.218. The molecule has 1 aromatic heterocycles. The molecule has 2 heterocycles. The van der Waals surface area contributed by atoms with Gasteiger partial charge in [-0.15, -0.1) is 0 Å². The molecule has 142 valence electrons. The lowest BCUT2D eigenvalue weighted by Gasteiger charge is -2.33. The van der Waals surface area contributed by atoms with Gasteiger partial charge in [-0.05, 0) is 44.5 Å². The van der Waals surface area contributed by atoms with Gasteiger partial charge in [-0.1, -0.05) is 19.1 Å². The molecule has 2 aromatic rings. The first-order valence-electron chi connectivity index (χ1n) is 8.98. The molecule has 1 aliphatic rings. The number of hydrogen-bond acceptors (Lipinski definition) is 5. The molecule has 0 amide bonds. The van der Waals surface area contributed by atoms with Gasteiger partial charge in [0.05, 0.1) is 19.5 Å². The van der Waals surface area contributed by atoms with Crippen LogP contribution >= 0.6 is 0 Å². The van der Waals surface area contributed by atoms with Crippen LogP contribution in [0.3, 0.4) is 0 Å². The summed E-state index contributed by atoms with van der Waals surface area (Å²) in [6.07, 6.45) is 5.44. The standard InChI is InChI=1S/C18H26N4O3S/c1-3-12-22(15-8-10-19-11-9-15)26(23,24)16-13-20-21(14-16)17-6-4-5-7-18(17)25-2/h4-7,13-15,19H,3,8-12H2,1-2H3. The number of ether oxygens (including phenoxy) is 1. The van der Waals surface area contributed by atoms with Crippen molar-refractivity contribution in [1.29, 1.82) is 0 Å². The zero-order chi connectivity index (χ0) is 18.6. The molecule has 8 heteroatoms. The van der Waals surface area contributed by atoms with Gasteiger partial charge in [0.15, 0.2) is 0 Å². The van der Waals surface area contributed by atoms with E-state index in [0.29, 0.717) is 18.0 Å². The maximum absolute atomic E-state index is 13.2. The Kier molecular flexibility index (Phi) is 5.95. The second-order valence-electron chi connectivity index (χ2n) is 6.39. The highest BCUT2D eigenvalue weighted by Crippen LogP contribution is 2.26. The molecule has 1 aromatic carbocycles. The van der Waals surface area contributed by atoms with Crippen LogP contribution in [0.1, 0.15) is 26.2 Å². The fraction of sp³-hybridized carbons (Fsp3) is 0.500. The number of rotatable bonds is 7. The molecule has 0 bridgehead atoms. The van der Waals surface area contributed by atoms with Crippen molar-refractivity contribution in [3.05, 3.63) is 36.7 Å². The maximum atomic E-state index is 13.2. The van der Waals surface area contributed by atoms with Crippen molar-refractivity contribution < 1.29 is 13.2 Å². The van der Waals surface area contributed by atoms with Gasteiger partial charge in [0.1, 0.15) is 16.3 Å². The lowest BCUT2D eigenvalue weighted by molar-refractivity contribution is 0.262. The van der Waals surface area contributed by atoms with Gasteiger partial charge in [-0.3, -0.25) is 0 Å². The lowest BCUT2D eigenvalue weighted by atomic mass is 10.1. The molecule has 0 spiro atoms. The minimum atomic E-state index is -3.59. The average molecular weight is 378 g/mol. The fourth-order valence-electron chi connectivity index (χ4n) is 3.34. The Hall–Kier alpha value is -1.90. The highest BCUT2D eigenvalue weighted by molar-refractivity contribution is 7.89. The van der Waals surface area contributed by atoms with Crippen LogP contribution in [0.2, 0.25) is 0 Å². The number of hydrogen-bond donors (Lipinski definition) is 1. The third kappa shape index (κ3) is 3.77. The minimum absolute atomic E-state index is 0.0378. The molecule has 1 N–H and O–H groups in total. The second kappa shape index (κ2) is 8.20. The molecule has 7 nitrogen and oxygen atoms in total. The van der Waals surface area contributed by atoms with Crippen LogP contribution in [0.4, 0.5) is 0 Å². The Morgan fingerprint density at radius 3 is 2.73 bits per heavy atom. The molecular weight excluding hydrogens is 352 g/mol. The number of sulfonamides is 1. The van der Waals surface area contributed by atoms with E-state index in [9.17, 15) is 8.42 Å². The number of aromatic nitrogens is 2. The molecule has 0 aliphatic carbocycles. The number of para-hydroxylation sites is 2. The van der Waals surface area contributed by atoms with Crippen LogP contribution in [0.15, 0.2) is 41.6 Å². The van der Waals surface area contributed by atoms with Crippen molar-refractivity contribution >= 4 is 10.0 Å². The SMILES string of the molecule is CCCN(C1CCNCC1)S(=O)(=O)c1cnn(-c2ccccc2OC)c1. The summed E-state index contributed by atoms with van der Waals surface area (Å²) in [5.41, 5.74) is 0.709. The number of benzene rings is 1. The predicted octanol–water partition coefficient (Wildman–Crippen LogP) is 2.03. The van der Waals surface area contributed by atoms with Crippen LogP contribution in [0.25, 0.3) is 5.69 Å². The van der Waals surface area contributed by atoms with Crippen molar-refractivity contribution in [2.75, 3.05) is 26.7 Å². The maximum Gasteiger partial charge on any atom is 0.246 e. The monoisotopic (exact) mass is 378 g/mol. The fourth-order valence-corrected chi connectivity index (χ4v) is 5.05. The predicted molar refractivity (Wildman–Crippen MR) is 100 cm³/mol. The van der Waals surface area contributed by atoms with Crippen molar-refractivity contribution in [3.8, 4) is 11.4 Å². The number of nitrogens with zero attached hydrogens (tertiary/aromatic N) is 3. The van der Waals surface area contributed by atoms with Gasteiger partial charge in [-0.25, -0.2) is 13.1 Å². The normalized spacial score (nSPS) is 16.1. The quantitative estimate of drug-likeness (QED) is 0.798. The van der Waals surface area contributed by atoms with E-state index in [1.165, 1.54) is 6.20 Å². The van der Waals surface area contributed by atoms with E-state index >= 15 is 0 Å². The summed E-state index contributed by atoms with van der Waals surface area (Å²) in [5.74, 6) is 0.642. The molecule has 1 saturated heterocycles. The van der Waals surface area contributed by atoms with Gasteiger partial charge in [0.2, 0.25) is 10.0 Å². The van der Waals surface area contributed by atoms with Gasteiger partial charge < -0.3 is 10.1 Å². The minimum Gasteiger partial charge on any atom is -0.494 e. The summed E-state index contributed by atoms with van der Waals surface area (Å²) >= 11 is 0. The largest absolute Gasteiger partial charge is 0.494 e. The van der Waals surface area contributed by atoms with E-state index < -0.39 is 10.0 Å². The smallest absolute Gasteiger partial charge is 0.246 e. The third-order valence-corrected chi connectivity index (χ3v) is 6.56. The van der Waals surface area contributed by atoms with E-state index in [1.54, 1.807) is 22.3 Å². The summed E-state index contributed by atoms with van der Waals surface area (Å²) in [6.45, 7) is 4.22. The molecule has 0 atom stereocenters. The second-order valence-corrected chi connectivity index (χ2v) is 8.28. The molecule has 26 heavy (non-hydrogen) atoms. The summed E-state index contributed by atoms with van der Waals surface area (Å²) in [5, 5.41) is 7.56. The molecular formula is C18H26N4O3S. The van der Waals surface area contributed by atoms with E-state index in [0.717, 1.165) is 32.4 Å². The average Bonchev–Trinajstić information content (AvgIpc) is 3.17. The zero-order valence-electron chi connectivity index (χ0n) is 15.3. The molecule has 1 fully saturated rings. The van der Waals surface area contributed by atoms with Gasteiger partial charge in [-0.2, -0.15) is 9.40 Å². The number of nitrogens with one attached hydrogen (secondary N) is 1. The Morgan fingerprint density at radius 1 is 1.31 bits per heavy atom. The van der Waals surface area contributed by atoms with Crippen molar-refractivity contribution in [3.63, 3.8) is 0 Å². The molecule has 0 unspecified atom stereocenters. The first kappa shape index (κ1) is 18.9. The Bertz CT molecular complexity index is 828. The number of piperidine rings is 1. The van der Waals surface area contributed by atoms with Crippen molar-refractivity contribution in [2.45, 2.75) is 37.1 Å². The van der Waals surface area contributed by atoms with E-state index in [4.69, 9.17) is 4.74 Å². The summed E-state index contributed by atoms with van der Waals surface area (Å²) < 4.78 is 35.0. The Balaban J connectivity index is 1.92. The molecule has 1 aliphatic heterocycles. The third-order valence-electron chi connectivity index (χ3n) is 4.66. The highest BCUT2D eigenvalue weighted by atomic mass is 32.2. The lowest BCUT2D eigenvalue weighted by Crippen LogP contribution is -2.46. The highest BCUT2D eigenvalue weighted by Gasteiger charge is 2.32. The number of methoxy groups -OCH3 is 1. The summed E-state index contributed by atoms with van der Waals surface area (Å²) in [7, 11) is -2.00. The molecule has 0 radical (unpaired) electrons. The van der Waals surface area contributed by atoms with Gasteiger partial charge in [0.25, 0.3) is 0 Å². The van der Waals surface area contributed by atoms with Gasteiger partial charge in [0, 0.05) is 12.6 Å². The zero-order valence-corrected chi connectivity index (χ0v) is 16.1. The van der Waals surface area contributed by atoms with E-state index in [-0.39, 0.29) is 10.9 Å². The van der Waals surface area contributed by atoms with Crippen LogP contribution in [-0.2, 0) is 10.0 Å². The van der Waals surface area contributed by atoms with Gasteiger partial charge >= 0.3 is 0 Å². The van der Waals surface area contributed by atoms with E-state index in [1.807, 2.05) is 31.2 Å². The Morgan fingerprint density at radius 2 is 2.04 bits per heavy atom. The Labute approximate surface area is 155 Å². The van der Waals surface area contributed by atoms with Crippen LogP contribution in [0.5, 0.6) is 5.75 Å². The topological polar surface area (TPSA) is 76.5 Å². The molecule has 0 saturated carbocycles.